The first-order valence-corrected chi connectivity index (χ1v) is 24.2. The van der Waals surface area contributed by atoms with Gasteiger partial charge in [-0.3, -0.25) is 4.79 Å². The van der Waals surface area contributed by atoms with Gasteiger partial charge in [0.1, 0.15) is 12.9 Å². The number of allylic oxidation sites excluding steroid dienone is 1. The fourth-order valence-corrected chi connectivity index (χ4v) is 16.3. The van der Waals surface area contributed by atoms with E-state index >= 15 is 0 Å². The maximum atomic E-state index is 12.8. The van der Waals surface area contributed by atoms with Crippen LogP contribution in [0.4, 0.5) is 0 Å². The van der Waals surface area contributed by atoms with Gasteiger partial charge in [0.05, 0.1) is 17.8 Å². The van der Waals surface area contributed by atoms with Crippen molar-refractivity contribution in [3.05, 3.63) is 83.5 Å². The highest BCUT2D eigenvalue weighted by Crippen LogP contribution is 2.59. The van der Waals surface area contributed by atoms with Gasteiger partial charge in [-0.1, -0.05) is 100 Å². The summed E-state index contributed by atoms with van der Waals surface area (Å²) in [4.78, 5) is 12.8. The van der Waals surface area contributed by atoms with E-state index < -0.39 is 22.2 Å². The SMILES string of the molecule is COCO[C@H]1CC[C@H]2C3=C(C=C4[C@@H](O[Si](c5ccccc5)(c5ccccc5)C(C)(C)C)CCC[C@]4(O[Si](C)(C)C)CC3)[C@@H](OC(C)=O)C[C@]12C. The van der Waals surface area contributed by atoms with Crippen molar-refractivity contribution in [1.29, 1.82) is 0 Å². The molecule has 0 unspecified atom stereocenters. The Bertz CT molecular complexity index is 1540. The summed E-state index contributed by atoms with van der Waals surface area (Å²) in [5.74, 6) is 0.107. The smallest absolute Gasteiger partial charge is 0.303 e. The predicted molar refractivity (Wildman–Crippen MR) is 206 cm³/mol. The van der Waals surface area contributed by atoms with Gasteiger partial charge in [-0.2, -0.15) is 0 Å². The van der Waals surface area contributed by atoms with Crippen molar-refractivity contribution in [1.82, 2.24) is 0 Å². The molecule has 2 saturated carbocycles. The van der Waals surface area contributed by atoms with Gasteiger partial charge in [0.15, 0.2) is 8.32 Å². The number of benzene rings is 2. The van der Waals surface area contributed by atoms with Crippen LogP contribution in [0.5, 0.6) is 0 Å². The fraction of sp³-hybridized carbons (Fsp3) is 0.595. The molecule has 0 bridgehead atoms. The zero-order valence-corrected chi connectivity index (χ0v) is 34.0. The Balaban J connectivity index is 1.54. The first-order valence-electron chi connectivity index (χ1n) is 18.9. The van der Waals surface area contributed by atoms with Gasteiger partial charge in [0, 0.05) is 19.4 Å². The average Bonchev–Trinajstić information content (AvgIpc) is 3.27. The fourth-order valence-electron chi connectivity index (χ4n) is 10.1. The summed E-state index contributed by atoms with van der Waals surface area (Å²) in [6.07, 6.45) is 9.54. The van der Waals surface area contributed by atoms with Crippen molar-refractivity contribution >= 4 is 33.0 Å². The lowest BCUT2D eigenvalue weighted by atomic mass is 9.64. The standard InChI is InChI=1S/C42H60O6Si2/c1-30(43)46-38-28-41(5)35(22-23-39(41)45-29-44-6)33-24-26-42(48-49(7,8)9)25-16-21-37(36(42)27-34(33)38)47-50(40(2,3)4,31-17-12-10-13-18-31)32-19-14-11-15-20-32/h10-15,17-20,27,35,37-39H,16,21-26,28-29H2,1-9H3/t35-,37-,38-,39-,41-,42-/m0/s1. The zero-order valence-electron chi connectivity index (χ0n) is 32.0. The largest absolute Gasteiger partial charge is 0.458 e. The number of ether oxygens (including phenoxy) is 3. The molecule has 0 aromatic heterocycles. The first-order chi connectivity index (χ1) is 23.6. The molecule has 0 amide bonds. The highest BCUT2D eigenvalue weighted by Gasteiger charge is 2.58. The second-order valence-corrected chi connectivity index (χ2v) is 26.1. The van der Waals surface area contributed by atoms with Crippen molar-refractivity contribution in [2.24, 2.45) is 11.3 Å². The summed E-state index contributed by atoms with van der Waals surface area (Å²) in [5, 5.41) is 2.42. The van der Waals surface area contributed by atoms with Crippen LogP contribution in [-0.4, -0.2) is 60.4 Å². The van der Waals surface area contributed by atoms with Crippen LogP contribution in [0.1, 0.15) is 86.0 Å². The molecular weight excluding hydrogens is 657 g/mol. The molecule has 0 spiro atoms. The van der Waals surface area contributed by atoms with Crippen LogP contribution < -0.4 is 10.4 Å². The number of carbonyl (C=O) groups is 1. The van der Waals surface area contributed by atoms with Gasteiger partial charge in [-0.05, 0) is 103 Å². The topological polar surface area (TPSA) is 63.2 Å². The third kappa shape index (κ3) is 6.93. The van der Waals surface area contributed by atoms with Gasteiger partial charge in [-0.15, -0.1) is 0 Å². The number of hydrogen-bond acceptors (Lipinski definition) is 6. The van der Waals surface area contributed by atoms with E-state index in [1.807, 2.05) is 0 Å². The Labute approximate surface area is 303 Å². The lowest BCUT2D eigenvalue weighted by molar-refractivity contribution is -0.151. The second-order valence-electron chi connectivity index (χ2n) is 17.5. The Morgan fingerprint density at radius 2 is 1.54 bits per heavy atom. The third-order valence-corrected chi connectivity index (χ3v) is 18.0. The van der Waals surface area contributed by atoms with Crippen LogP contribution in [0.25, 0.3) is 0 Å². The molecule has 0 radical (unpaired) electrons. The van der Waals surface area contributed by atoms with Gasteiger partial charge in [0.25, 0.3) is 8.32 Å². The molecule has 8 heteroatoms. The molecule has 6 atom stereocenters. The summed E-state index contributed by atoms with van der Waals surface area (Å²) < 4.78 is 33.4. The minimum absolute atomic E-state index is 0.0520. The molecule has 0 aliphatic heterocycles. The molecule has 4 aliphatic carbocycles. The van der Waals surface area contributed by atoms with E-state index in [2.05, 4.69) is 114 Å². The first kappa shape index (κ1) is 37.4. The van der Waals surface area contributed by atoms with Crippen molar-refractivity contribution in [3.8, 4) is 0 Å². The average molecular weight is 717 g/mol. The number of methoxy groups -OCH3 is 1. The Morgan fingerprint density at radius 3 is 2.10 bits per heavy atom. The van der Waals surface area contributed by atoms with Crippen LogP contribution in [0.3, 0.4) is 0 Å². The van der Waals surface area contributed by atoms with E-state index in [1.54, 1.807) is 14.0 Å². The Hall–Kier alpha value is -2.34. The molecule has 50 heavy (non-hydrogen) atoms. The normalized spacial score (nSPS) is 30.1. The van der Waals surface area contributed by atoms with Crippen LogP contribution in [0.15, 0.2) is 83.5 Å². The molecule has 0 N–H and O–H groups in total. The lowest BCUT2D eigenvalue weighted by Crippen LogP contribution is -2.68. The van der Waals surface area contributed by atoms with Crippen LogP contribution >= 0.6 is 0 Å². The summed E-state index contributed by atoms with van der Waals surface area (Å²) in [5.41, 5.74) is 3.29. The van der Waals surface area contributed by atoms with Crippen molar-refractivity contribution < 1.29 is 27.9 Å². The maximum absolute atomic E-state index is 12.8. The second kappa shape index (κ2) is 14.2. The molecule has 0 saturated heterocycles. The lowest BCUT2D eigenvalue weighted by Gasteiger charge is -2.51. The van der Waals surface area contributed by atoms with Crippen LogP contribution in [0.2, 0.25) is 24.7 Å². The van der Waals surface area contributed by atoms with Crippen molar-refractivity contribution in [3.63, 3.8) is 0 Å². The van der Waals surface area contributed by atoms with E-state index in [9.17, 15) is 4.79 Å². The third-order valence-electron chi connectivity index (χ3n) is 12.0. The minimum Gasteiger partial charge on any atom is -0.458 e. The molecule has 6 nitrogen and oxygen atoms in total. The maximum Gasteiger partial charge on any atom is 0.303 e. The van der Waals surface area contributed by atoms with Crippen LogP contribution in [0, 0.1) is 11.3 Å². The Kier molecular flexibility index (Phi) is 10.7. The van der Waals surface area contributed by atoms with Gasteiger partial charge < -0.3 is 23.1 Å². The van der Waals surface area contributed by atoms with Gasteiger partial charge >= 0.3 is 5.97 Å². The Morgan fingerprint density at radius 1 is 0.900 bits per heavy atom. The predicted octanol–water partition coefficient (Wildman–Crippen LogP) is 8.46. The summed E-state index contributed by atoms with van der Waals surface area (Å²) in [6.45, 7) is 18.2. The molecule has 0 heterocycles. The summed E-state index contributed by atoms with van der Waals surface area (Å²) in [6, 6.07) is 22.0. The highest BCUT2D eigenvalue weighted by molar-refractivity contribution is 6.99. The summed E-state index contributed by atoms with van der Waals surface area (Å²) >= 11 is 0. The summed E-state index contributed by atoms with van der Waals surface area (Å²) in [7, 11) is -3.22. The van der Waals surface area contributed by atoms with E-state index in [4.69, 9.17) is 23.1 Å². The van der Waals surface area contributed by atoms with Gasteiger partial charge in [-0.25, -0.2) is 0 Å². The number of hydrogen-bond donors (Lipinski definition) is 0. The van der Waals surface area contributed by atoms with E-state index in [1.165, 1.54) is 27.1 Å². The minimum atomic E-state index is -2.88. The zero-order chi connectivity index (χ0) is 36.0. The monoisotopic (exact) mass is 716 g/mol. The molecule has 6 rings (SSSR count). The molecule has 2 fully saturated rings. The van der Waals surface area contributed by atoms with Crippen molar-refractivity contribution in [2.75, 3.05) is 13.9 Å². The molecule has 2 aromatic carbocycles. The molecule has 4 aliphatic rings. The molecule has 2 aromatic rings. The van der Waals surface area contributed by atoms with Crippen LogP contribution in [-0.2, 0) is 27.9 Å². The molecular formula is C42H60O6Si2. The van der Waals surface area contributed by atoms with E-state index in [0.29, 0.717) is 5.92 Å². The quantitative estimate of drug-likeness (QED) is 0.140. The number of fused-ring (bicyclic) bond motifs is 3. The number of rotatable bonds is 10. The van der Waals surface area contributed by atoms with Gasteiger partial charge in [0.2, 0.25) is 0 Å². The van der Waals surface area contributed by atoms with Crippen molar-refractivity contribution in [2.45, 2.75) is 135 Å². The highest BCUT2D eigenvalue weighted by atomic mass is 28.4. The number of esters is 1. The van der Waals surface area contributed by atoms with E-state index in [0.717, 1.165) is 51.4 Å². The molecule has 272 valence electrons. The number of carbonyl (C=O) groups excluding carboxylic acids is 1. The van der Waals surface area contributed by atoms with E-state index in [-0.39, 0.29) is 41.5 Å².